The summed E-state index contributed by atoms with van der Waals surface area (Å²) in [5.41, 5.74) is 3.48. The molecule has 1 fully saturated rings. The molecular formula is C27H38N4O. The van der Waals surface area contributed by atoms with Crippen molar-refractivity contribution in [2.75, 3.05) is 12.4 Å². The number of aryl methyl sites for hydroxylation is 1. The van der Waals surface area contributed by atoms with E-state index in [1.54, 1.807) is 0 Å². The first-order valence-corrected chi connectivity index (χ1v) is 12.2. The lowest BCUT2D eigenvalue weighted by Gasteiger charge is -2.30. The summed E-state index contributed by atoms with van der Waals surface area (Å²) in [5.74, 6) is 1.41. The average Bonchev–Trinajstić information content (AvgIpc) is 3.13. The van der Waals surface area contributed by atoms with Crippen LogP contribution in [-0.4, -0.2) is 34.9 Å². The fourth-order valence-corrected chi connectivity index (χ4v) is 5.03. The molecule has 1 N–H and O–H groups in total. The highest BCUT2D eigenvalue weighted by atomic mass is 16.1. The Morgan fingerprint density at radius 3 is 2.44 bits per heavy atom. The number of hydrogen-bond donors (Lipinski definition) is 1. The molecule has 2 unspecified atom stereocenters. The van der Waals surface area contributed by atoms with Crippen molar-refractivity contribution in [1.82, 2.24) is 9.58 Å². The first-order valence-electron chi connectivity index (χ1n) is 12.2. The minimum Gasteiger partial charge on any atom is -0.378 e. The van der Waals surface area contributed by atoms with Gasteiger partial charge in [-0.3, -0.25) is 9.80 Å². The molecule has 2 atom stereocenters. The Morgan fingerprint density at radius 1 is 1.09 bits per heavy atom. The lowest BCUT2D eigenvalue weighted by atomic mass is 9.81. The highest BCUT2D eigenvalue weighted by Crippen LogP contribution is 2.34. The fourth-order valence-electron chi connectivity index (χ4n) is 5.03. The summed E-state index contributed by atoms with van der Waals surface area (Å²) in [6, 6.07) is 13.6. The number of nitrogens with one attached hydrogen (secondary N) is 1. The highest BCUT2D eigenvalue weighted by Gasteiger charge is 2.28. The van der Waals surface area contributed by atoms with E-state index in [-0.39, 0.29) is 11.5 Å². The summed E-state index contributed by atoms with van der Waals surface area (Å²) in [6.45, 7) is 7.37. The Labute approximate surface area is 192 Å². The normalized spacial score (nSPS) is 25.5. The maximum atomic E-state index is 13.3. The quantitative estimate of drug-likeness (QED) is 0.632. The molecule has 0 radical (unpaired) electrons. The molecule has 5 nitrogen and oxygen atoms in total. The second-order valence-corrected chi connectivity index (χ2v) is 10.1. The van der Waals surface area contributed by atoms with Gasteiger partial charge >= 0.3 is 0 Å². The lowest BCUT2D eigenvalue weighted by Crippen LogP contribution is -2.32. The molecule has 1 aromatic carbocycles. The van der Waals surface area contributed by atoms with Crippen molar-refractivity contribution in [3.63, 3.8) is 0 Å². The number of anilines is 1. The van der Waals surface area contributed by atoms with Crippen LogP contribution in [0.3, 0.4) is 0 Å². The standard InChI is InChI=1S/C27H38N4O/c1-19(2)14-15-31-18-23(25-17-28-30(4)20(25)3)16-26(27(31)32)29-24-12-10-22(11-13-24)21-8-6-5-7-9-21/h5-9,16-20,22,24-25,29H,10-15H2,1-4H3. The molecule has 2 aromatic rings. The van der Waals surface area contributed by atoms with E-state index in [4.69, 9.17) is 0 Å². The van der Waals surface area contributed by atoms with E-state index in [2.05, 4.69) is 73.8 Å². The third kappa shape index (κ3) is 5.08. The van der Waals surface area contributed by atoms with Crippen LogP contribution in [-0.2, 0) is 6.54 Å². The Hall–Kier alpha value is -2.56. The summed E-state index contributed by atoms with van der Waals surface area (Å²) >= 11 is 0. The second-order valence-electron chi connectivity index (χ2n) is 10.1. The second kappa shape index (κ2) is 9.93. The summed E-state index contributed by atoms with van der Waals surface area (Å²) in [5, 5.41) is 10.1. The first kappa shape index (κ1) is 22.6. The van der Waals surface area contributed by atoms with E-state index in [1.807, 2.05) is 22.8 Å². The molecule has 1 aliphatic heterocycles. The lowest BCUT2D eigenvalue weighted by molar-refractivity contribution is 0.288. The van der Waals surface area contributed by atoms with Gasteiger partial charge in [0, 0.05) is 38.0 Å². The maximum Gasteiger partial charge on any atom is 0.273 e. The molecule has 0 bridgehead atoms. The van der Waals surface area contributed by atoms with Gasteiger partial charge in [0.1, 0.15) is 5.69 Å². The predicted octanol–water partition coefficient (Wildman–Crippen LogP) is 5.44. The maximum absolute atomic E-state index is 13.3. The number of benzene rings is 1. The van der Waals surface area contributed by atoms with Gasteiger partial charge in [-0.2, -0.15) is 5.10 Å². The van der Waals surface area contributed by atoms with Crippen LogP contribution in [0, 0.1) is 5.92 Å². The van der Waals surface area contributed by atoms with Gasteiger partial charge < -0.3 is 9.88 Å². The van der Waals surface area contributed by atoms with Crippen LogP contribution in [0.2, 0.25) is 0 Å². The molecule has 1 saturated carbocycles. The minimum absolute atomic E-state index is 0.107. The number of pyridine rings is 1. The van der Waals surface area contributed by atoms with E-state index < -0.39 is 0 Å². The smallest absolute Gasteiger partial charge is 0.273 e. The molecule has 4 rings (SSSR count). The predicted molar refractivity (Wildman–Crippen MR) is 134 cm³/mol. The number of rotatable bonds is 7. The van der Waals surface area contributed by atoms with Crippen LogP contribution in [0.25, 0.3) is 0 Å². The summed E-state index contributed by atoms with van der Waals surface area (Å²) in [7, 11) is 2.01. The van der Waals surface area contributed by atoms with Crippen molar-refractivity contribution in [2.45, 2.75) is 83.3 Å². The van der Waals surface area contributed by atoms with Crippen LogP contribution < -0.4 is 10.9 Å². The third-order valence-corrected chi connectivity index (χ3v) is 7.32. The third-order valence-electron chi connectivity index (χ3n) is 7.32. The molecule has 0 amide bonds. The van der Waals surface area contributed by atoms with Gasteiger partial charge in [-0.05, 0) is 68.1 Å². The summed E-state index contributed by atoms with van der Waals surface area (Å²) < 4.78 is 1.92. The van der Waals surface area contributed by atoms with Crippen molar-refractivity contribution < 1.29 is 0 Å². The first-order chi connectivity index (χ1) is 15.4. The summed E-state index contributed by atoms with van der Waals surface area (Å²) in [4.78, 5) is 13.3. The molecule has 0 saturated heterocycles. The van der Waals surface area contributed by atoms with E-state index in [1.165, 1.54) is 24.0 Å². The van der Waals surface area contributed by atoms with Gasteiger partial charge in [-0.15, -0.1) is 0 Å². The molecule has 5 heteroatoms. The van der Waals surface area contributed by atoms with Gasteiger partial charge in [-0.25, -0.2) is 0 Å². The van der Waals surface area contributed by atoms with Gasteiger partial charge in [0.15, 0.2) is 0 Å². The van der Waals surface area contributed by atoms with E-state index in [9.17, 15) is 4.79 Å². The van der Waals surface area contributed by atoms with Gasteiger partial charge in [0.05, 0.1) is 6.04 Å². The van der Waals surface area contributed by atoms with E-state index in [0.29, 0.717) is 23.9 Å². The molecule has 2 heterocycles. The van der Waals surface area contributed by atoms with Crippen molar-refractivity contribution in [3.8, 4) is 0 Å². The highest BCUT2D eigenvalue weighted by molar-refractivity contribution is 5.71. The topological polar surface area (TPSA) is 49.6 Å². The minimum atomic E-state index is 0.107. The average molecular weight is 435 g/mol. The summed E-state index contributed by atoms with van der Waals surface area (Å²) in [6.07, 6.45) is 9.61. The largest absolute Gasteiger partial charge is 0.378 e. The van der Waals surface area contributed by atoms with Crippen molar-refractivity contribution in [2.24, 2.45) is 11.0 Å². The zero-order chi connectivity index (χ0) is 22.7. The monoisotopic (exact) mass is 434 g/mol. The van der Waals surface area contributed by atoms with Crippen LogP contribution in [0.4, 0.5) is 5.69 Å². The van der Waals surface area contributed by atoms with E-state index in [0.717, 1.165) is 31.5 Å². The van der Waals surface area contributed by atoms with Gasteiger partial charge in [-0.1, -0.05) is 44.2 Å². The Balaban J connectivity index is 1.52. The zero-order valence-electron chi connectivity index (χ0n) is 20.0. The van der Waals surface area contributed by atoms with Crippen LogP contribution in [0.1, 0.15) is 75.8 Å². The van der Waals surface area contributed by atoms with Crippen molar-refractivity contribution >= 4 is 11.9 Å². The SMILES string of the molecule is CC(C)CCn1cc(C2C=NN(C)C2C)cc(NC2CCC(c3ccccc3)CC2)c1=O. The molecule has 32 heavy (non-hydrogen) atoms. The number of likely N-dealkylation sites (N-methyl/N-ethyl adjacent to an activating group) is 1. The molecule has 1 aromatic heterocycles. The van der Waals surface area contributed by atoms with Gasteiger partial charge in [0.25, 0.3) is 5.56 Å². The van der Waals surface area contributed by atoms with Crippen LogP contribution in [0.15, 0.2) is 52.5 Å². The Morgan fingerprint density at radius 2 is 1.81 bits per heavy atom. The Bertz CT molecular complexity index is 973. The number of hydrazone groups is 1. The zero-order valence-corrected chi connectivity index (χ0v) is 20.0. The molecular weight excluding hydrogens is 396 g/mol. The Kier molecular flexibility index (Phi) is 7.02. The van der Waals surface area contributed by atoms with Crippen molar-refractivity contribution in [3.05, 3.63) is 64.1 Å². The molecule has 0 spiro atoms. The number of nitrogens with zero attached hydrogens (tertiary/aromatic N) is 3. The molecule has 172 valence electrons. The molecule has 1 aliphatic carbocycles. The number of hydrogen-bond acceptors (Lipinski definition) is 4. The fraction of sp³-hybridized carbons (Fsp3) is 0.556. The van der Waals surface area contributed by atoms with Crippen molar-refractivity contribution in [1.29, 1.82) is 0 Å². The van der Waals surface area contributed by atoms with Crippen LogP contribution >= 0.6 is 0 Å². The molecule has 2 aliphatic rings. The number of aromatic nitrogens is 1. The van der Waals surface area contributed by atoms with Gasteiger partial charge in [0.2, 0.25) is 0 Å². The van der Waals surface area contributed by atoms with E-state index >= 15 is 0 Å². The van der Waals surface area contributed by atoms with Crippen LogP contribution in [0.5, 0.6) is 0 Å².